The predicted molar refractivity (Wildman–Crippen MR) is 54.0 cm³/mol. The highest BCUT2D eigenvalue weighted by Crippen LogP contribution is 1.93. The monoisotopic (exact) mass is 196 g/mol. The van der Waals surface area contributed by atoms with Gasteiger partial charge in [0.05, 0.1) is 12.5 Å². The van der Waals surface area contributed by atoms with Crippen molar-refractivity contribution in [2.24, 2.45) is 5.92 Å². The van der Waals surface area contributed by atoms with Crippen molar-refractivity contribution in [1.82, 2.24) is 20.6 Å². The third kappa shape index (κ3) is 3.18. The number of imidazole rings is 1. The summed E-state index contributed by atoms with van der Waals surface area (Å²) in [6.07, 6.45) is 3.00. The van der Waals surface area contributed by atoms with Gasteiger partial charge in [-0.2, -0.15) is 0 Å². The van der Waals surface area contributed by atoms with E-state index in [9.17, 15) is 4.79 Å². The van der Waals surface area contributed by atoms with E-state index in [2.05, 4.69) is 27.5 Å². The number of nitrogens with one attached hydrogen (secondary N) is 3. The van der Waals surface area contributed by atoms with Crippen molar-refractivity contribution >= 4 is 5.91 Å². The Hall–Kier alpha value is -1.36. The molecule has 0 aromatic carbocycles. The second-order valence-electron chi connectivity index (χ2n) is 3.34. The van der Waals surface area contributed by atoms with E-state index >= 15 is 0 Å². The predicted octanol–water partition coefficient (Wildman–Crippen LogP) is -0.00500. The lowest BCUT2D eigenvalue weighted by Gasteiger charge is -2.10. The molecule has 5 heteroatoms. The maximum atomic E-state index is 11.4. The molecule has 14 heavy (non-hydrogen) atoms. The fraction of sp³-hybridized carbons (Fsp3) is 0.556. The van der Waals surface area contributed by atoms with Crippen LogP contribution in [0.1, 0.15) is 17.4 Å². The molecule has 78 valence electrons. The van der Waals surface area contributed by atoms with Crippen molar-refractivity contribution < 1.29 is 4.79 Å². The molecule has 1 heterocycles. The Morgan fingerprint density at radius 2 is 2.43 bits per heavy atom. The standard InChI is InChI=1S/C9H16N4O/c1-7(3-10-2)4-12-9(14)8-5-11-6-13-8/h5-7,10H,3-4H2,1-2H3,(H,11,13)(H,12,14). The van der Waals surface area contributed by atoms with Crippen molar-refractivity contribution in [1.29, 1.82) is 0 Å². The van der Waals surface area contributed by atoms with Crippen LogP contribution in [0.5, 0.6) is 0 Å². The van der Waals surface area contributed by atoms with Gasteiger partial charge in [0.2, 0.25) is 0 Å². The second-order valence-corrected chi connectivity index (χ2v) is 3.34. The average molecular weight is 196 g/mol. The number of carbonyl (C=O) groups is 1. The summed E-state index contributed by atoms with van der Waals surface area (Å²) < 4.78 is 0. The number of aromatic amines is 1. The van der Waals surface area contributed by atoms with Gasteiger partial charge in [-0.1, -0.05) is 6.92 Å². The zero-order valence-electron chi connectivity index (χ0n) is 8.50. The van der Waals surface area contributed by atoms with E-state index < -0.39 is 0 Å². The minimum absolute atomic E-state index is 0.106. The number of hydrogen-bond donors (Lipinski definition) is 3. The molecular weight excluding hydrogens is 180 g/mol. The molecule has 1 rings (SSSR count). The molecule has 1 amide bonds. The van der Waals surface area contributed by atoms with Gasteiger partial charge in [-0.3, -0.25) is 4.79 Å². The maximum absolute atomic E-state index is 11.4. The molecule has 0 aliphatic rings. The quantitative estimate of drug-likeness (QED) is 0.620. The van der Waals surface area contributed by atoms with E-state index in [1.165, 1.54) is 12.5 Å². The highest BCUT2D eigenvalue weighted by atomic mass is 16.1. The Morgan fingerprint density at radius 1 is 1.64 bits per heavy atom. The first-order valence-electron chi connectivity index (χ1n) is 4.65. The van der Waals surface area contributed by atoms with Crippen molar-refractivity contribution in [2.75, 3.05) is 20.1 Å². The fourth-order valence-corrected chi connectivity index (χ4v) is 1.16. The zero-order valence-corrected chi connectivity index (χ0v) is 8.50. The number of H-pyrrole nitrogens is 1. The first-order valence-corrected chi connectivity index (χ1v) is 4.65. The second kappa shape index (κ2) is 5.39. The van der Waals surface area contributed by atoms with E-state index in [1.54, 1.807) is 0 Å². The van der Waals surface area contributed by atoms with E-state index in [4.69, 9.17) is 0 Å². The number of amides is 1. The van der Waals surface area contributed by atoms with E-state index in [0.29, 0.717) is 18.2 Å². The minimum atomic E-state index is -0.106. The van der Waals surface area contributed by atoms with Crippen LogP contribution in [0.25, 0.3) is 0 Å². The summed E-state index contributed by atoms with van der Waals surface area (Å²) in [7, 11) is 1.90. The Labute approximate surface area is 83.3 Å². The number of aromatic nitrogens is 2. The molecule has 1 aromatic heterocycles. The molecule has 0 spiro atoms. The molecule has 0 saturated carbocycles. The average Bonchev–Trinajstić information content (AvgIpc) is 2.67. The zero-order chi connectivity index (χ0) is 10.4. The van der Waals surface area contributed by atoms with Crippen LogP contribution >= 0.6 is 0 Å². The van der Waals surface area contributed by atoms with Gasteiger partial charge in [-0.05, 0) is 19.5 Å². The lowest BCUT2D eigenvalue weighted by atomic mass is 10.2. The van der Waals surface area contributed by atoms with Crippen LogP contribution in [0.4, 0.5) is 0 Å². The van der Waals surface area contributed by atoms with Crippen LogP contribution in [0, 0.1) is 5.92 Å². The lowest BCUT2D eigenvalue weighted by Crippen LogP contribution is -2.32. The largest absolute Gasteiger partial charge is 0.350 e. The van der Waals surface area contributed by atoms with Crippen molar-refractivity contribution in [3.63, 3.8) is 0 Å². The highest BCUT2D eigenvalue weighted by molar-refractivity contribution is 5.91. The molecule has 1 unspecified atom stereocenters. The van der Waals surface area contributed by atoms with Gasteiger partial charge < -0.3 is 15.6 Å². The minimum Gasteiger partial charge on any atom is -0.350 e. The Balaban J connectivity index is 2.28. The summed E-state index contributed by atoms with van der Waals surface area (Å²) in [5.74, 6) is 0.317. The fourth-order valence-electron chi connectivity index (χ4n) is 1.16. The summed E-state index contributed by atoms with van der Waals surface area (Å²) in [5, 5.41) is 5.87. The van der Waals surface area contributed by atoms with E-state index in [1.807, 2.05) is 7.05 Å². The Bertz CT molecular complexity index is 270. The maximum Gasteiger partial charge on any atom is 0.269 e. The van der Waals surface area contributed by atoms with E-state index in [-0.39, 0.29) is 5.91 Å². The van der Waals surface area contributed by atoms with Crippen LogP contribution < -0.4 is 10.6 Å². The molecule has 0 bridgehead atoms. The van der Waals surface area contributed by atoms with Crippen LogP contribution in [0.15, 0.2) is 12.5 Å². The van der Waals surface area contributed by atoms with Gasteiger partial charge in [0, 0.05) is 6.54 Å². The van der Waals surface area contributed by atoms with Crippen molar-refractivity contribution in [3.05, 3.63) is 18.2 Å². The number of hydrogen-bond acceptors (Lipinski definition) is 3. The molecule has 1 aromatic rings. The van der Waals surface area contributed by atoms with Crippen LogP contribution in [0.2, 0.25) is 0 Å². The SMILES string of the molecule is CNCC(C)CNC(=O)c1cnc[nH]1. The summed E-state index contributed by atoms with van der Waals surface area (Å²) in [5.41, 5.74) is 0.502. The first kappa shape index (κ1) is 10.7. The van der Waals surface area contributed by atoms with E-state index in [0.717, 1.165) is 6.54 Å². The third-order valence-corrected chi connectivity index (χ3v) is 1.91. The molecule has 1 atom stereocenters. The lowest BCUT2D eigenvalue weighted by molar-refractivity contribution is 0.0943. The highest BCUT2D eigenvalue weighted by Gasteiger charge is 2.07. The molecule has 0 radical (unpaired) electrons. The van der Waals surface area contributed by atoms with Crippen molar-refractivity contribution in [2.45, 2.75) is 6.92 Å². The molecule has 5 nitrogen and oxygen atoms in total. The summed E-state index contributed by atoms with van der Waals surface area (Å²) >= 11 is 0. The normalized spacial score (nSPS) is 12.4. The summed E-state index contributed by atoms with van der Waals surface area (Å²) in [4.78, 5) is 17.9. The number of rotatable bonds is 5. The third-order valence-electron chi connectivity index (χ3n) is 1.91. The van der Waals surface area contributed by atoms with Gasteiger partial charge in [-0.15, -0.1) is 0 Å². The smallest absolute Gasteiger partial charge is 0.269 e. The molecular formula is C9H16N4O. The van der Waals surface area contributed by atoms with Gasteiger partial charge in [-0.25, -0.2) is 4.98 Å². The first-order chi connectivity index (χ1) is 6.74. The molecule has 0 aliphatic heterocycles. The molecule has 0 fully saturated rings. The van der Waals surface area contributed by atoms with Crippen LogP contribution in [-0.2, 0) is 0 Å². The summed E-state index contributed by atoms with van der Waals surface area (Å²) in [6.45, 7) is 3.63. The van der Waals surface area contributed by atoms with Gasteiger partial charge in [0.15, 0.2) is 0 Å². The Morgan fingerprint density at radius 3 is 3.00 bits per heavy atom. The molecule has 3 N–H and O–H groups in total. The molecule has 0 saturated heterocycles. The Kier molecular flexibility index (Phi) is 4.12. The van der Waals surface area contributed by atoms with Gasteiger partial charge in [0.25, 0.3) is 5.91 Å². The number of nitrogens with zero attached hydrogens (tertiary/aromatic N) is 1. The van der Waals surface area contributed by atoms with Crippen molar-refractivity contribution in [3.8, 4) is 0 Å². The van der Waals surface area contributed by atoms with Gasteiger partial charge in [0.1, 0.15) is 5.69 Å². The van der Waals surface area contributed by atoms with Crippen LogP contribution in [0.3, 0.4) is 0 Å². The molecule has 0 aliphatic carbocycles. The summed E-state index contributed by atoms with van der Waals surface area (Å²) in [6, 6.07) is 0. The topological polar surface area (TPSA) is 69.8 Å². The number of carbonyl (C=O) groups excluding carboxylic acids is 1. The van der Waals surface area contributed by atoms with Crippen LogP contribution in [-0.4, -0.2) is 36.0 Å². The van der Waals surface area contributed by atoms with Gasteiger partial charge >= 0.3 is 0 Å².